The first-order valence-electron chi connectivity index (χ1n) is 9.89. The summed E-state index contributed by atoms with van der Waals surface area (Å²) in [5.41, 5.74) is 0. The van der Waals surface area contributed by atoms with E-state index in [-0.39, 0.29) is 30.3 Å². The molecule has 1 atom stereocenters. The largest absolute Gasteiger partial charge is 0.339 e. The van der Waals surface area contributed by atoms with Crippen LogP contribution >= 0.6 is 0 Å². The number of nitrogens with zero attached hydrogens (tertiary/aromatic N) is 5. The van der Waals surface area contributed by atoms with Crippen LogP contribution in [0.25, 0.3) is 0 Å². The maximum Gasteiger partial charge on any atom is 0.318 e. The van der Waals surface area contributed by atoms with E-state index in [0.29, 0.717) is 57.4 Å². The van der Waals surface area contributed by atoms with Gasteiger partial charge in [-0.3, -0.25) is 9.59 Å². The third-order valence-electron chi connectivity index (χ3n) is 5.25. The summed E-state index contributed by atoms with van der Waals surface area (Å²) in [5, 5.41) is 6.84. The first-order chi connectivity index (χ1) is 13.5. The molecular weight excluding hydrogens is 364 g/mol. The third-order valence-corrected chi connectivity index (χ3v) is 5.25. The minimum atomic E-state index is -0.181. The minimum absolute atomic E-state index is 0.0211. The van der Waals surface area contributed by atoms with Gasteiger partial charge in [-0.15, -0.1) is 0 Å². The van der Waals surface area contributed by atoms with Crippen molar-refractivity contribution < 1.29 is 18.9 Å². The normalized spacial score (nSPS) is 19.8. The van der Waals surface area contributed by atoms with E-state index in [0.717, 1.165) is 12.8 Å². The quantitative estimate of drug-likeness (QED) is 0.784. The number of rotatable bonds is 5. The Bertz CT molecular complexity index is 713. The van der Waals surface area contributed by atoms with E-state index in [9.17, 15) is 14.4 Å². The molecule has 1 aromatic heterocycles. The molecule has 2 saturated heterocycles. The number of piperazine rings is 1. The van der Waals surface area contributed by atoms with Crippen LogP contribution in [0.2, 0.25) is 0 Å². The second-order valence-electron chi connectivity index (χ2n) is 7.12. The summed E-state index contributed by atoms with van der Waals surface area (Å²) < 4.78 is 5.31. The van der Waals surface area contributed by atoms with Crippen LogP contribution in [0.5, 0.6) is 0 Å². The molecule has 0 bridgehead atoms. The Morgan fingerprint density at radius 1 is 1.14 bits per heavy atom. The summed E-state index contributed by atoms with van der Waals surface area (Å²) in [5.74, 6) is 0.974. The maximum atomic E-state index is 12.4. The number of hydrogen-bond acceptors (Lipinski definition) is 6. The van der Waals surface area contributed by atoms with E-state index in [1.165, 1.54) is 0 Å². The number of urea groups is 1. The Morgan fingerprint density at radius 2 is 1.86 bits per heavy atom. The standard InChI is InChI=1S/C18H28N6O4/c1-3-19-18(27)24-8-4-5-14(24)17-20-15(28-21-17)6-7-16(26)23-11-9-22(10-12-23)13(2)25/h14H,3-12H2,1-2H3,(H,19,27). The van der Waals surface area contributed by atoms with Gasteiger partial charge in [0.05, 0.1) is 6.04 Å². The molecule has 2 aliphatic heterocycles. The Balaban J connectivity index is 1.50. The molecule has 2 fully saturated rings. The Labute approximate surface area is 164 Å². The van der Waals surface area contributed by atoms with Gasteiger partial charge in [-0.25, -0.2) is 4.79 Å². The summed E-state index contributed by atoms with van der Waals surface area (Å²) in [6, 6.07) is -0.296. The highest BCUT2D eigenvalue weighted by molar-refractivity contribution is 5.77. The Hall–Kier alpha value is -2.65. The highest BCUT2D eigenvalue weighted by Gasteiger charge is 2.33. The zero-order valence-corrected chi connectivity index (χ0v) is 16.5. The molecular formula is C18H28N6O4. The van der Waals surface area contributed by atoms with Gasteiger partial charge in [0.25, 0.3) is 0 Å². The lowest BCUT2D eigenvalue weighted by molar-refractivity contribution is -0.138. The SMILES string of the molecule is CCNC(=O)N1CCCC1c1noc(CCC(=O)N2CCN(C(C)=O)CC2)n1. The van der Waals surface area contributed by atoms with Crippen molar-refractivity contribution in [2.45, 2.75) is 45.6 Å². The summed E-state index contributed by atoms with van der Waals surface area (Å²) in [4.78, 5) is 45.6. The van der Waals surface area contributed by atoms with Gasteiger partial charge in [0, 0.05) is 59.0 Å². The number of likely N-dealkylation sites (tertiary alicyclic amines) is 1. The molecule has 2 aliphatic rings. The van der Waals surface area contributed by atoms with Crippen LogP contribution in [0.4, 0.5) is 4.79 Å². The van der Waals surface area contributed by atoms with Crippen molar-refractivity contribution in [1.82, 2.24) is 30.2 Å². The van der Waals surface area contributed by atoms with Gasteiger partial charge < -0.3 is 24.5 Å². The number of carbonyl (C=O) groups is 3. The predicted molar refractivity (Wildman–Crippen MR) is 99.2 cm³/mol. The summed E-state index contributed by atoms with van der Waals surface area (Å²) in [7, 11) is 0. The topological polar surface area (TPSA) is 112 Å². The molecule has 1 N–H and O–H groups in total. The summed E-state index contributed by atoms with van der Waals surface area (Å²) >= 11 is 0. The van der Waals surface area contributed by atoms with E-state index in [1.807, 2.05) is 6.92 Å². The number of nitrogens with one attached hydrogen (secondary N) is 1. The summed E-state index contributed by atoms with van der Waals surface area (Å²) in [6.45, 7) is 6.92. The van der Waals surface area contributed by atoms with Gasteiger partial charge in [-0.1, -0.05) is 5.16 Å². The van der Waals surface area contributed by atoms with Crippen LogP contribution in [-0.2, 0) is 16.0 Å². The molecule has 154 valence electrons. The smallest absolute Gasteiger partial charge is 0.318 e. The lowest BCUT2D eigenvalue weighted by atomic mass is 10.2. The molecule has 3 rings (SSSR count). The zero-order valence-electron chi connectivity index (χ0n) is 16.5. The highest BCUT2D eigenvalue weighted by atomic mass is 16.5. The number of hydrogen-bond donors (Lipinski definition) is 1. The van der Waals surface area contributed by atoms with Crippen molar-refractivity contribution >= 4 is 17.8 Å². The van der Waals surface area contributed by atoms with Crippen LogP contribution in [0.1, 0.15) is 50.9 Å². The van der Waals surface area contributed by atoms with E-state index in [4.69, 9.17) is 4.52 Å². The second kappa shape index (κ2) is 9.03. The van der Waals surface area contributed by atoms with Crippen molar-refractivity contribution in [2.75, 3.05) is 39.3 Å². The van der Waals surface area contributed by atoms with Gasteiger partial charge in [-0.05, 0) is 19.8 Å². The number of amides is 4. The molecule has 1 unspecified atom stereocenters. The molecule has 0 spiro atoms. The van der Waals surface area contributed by atoms with E-state index in [1.54, 1.807) is 21.6 Å². The lowest BCUT2D eigenvalue weighted by Crippen LogP contribution is -2.50. The van der Waals surface area contributed by atoms with Crippen LogP contribution in [-0.4, -0.2) is 82.0 Å². The lowest BCUT2D eigenvalue weighted by Gasteiger charge is -2.34. The predicted octanol–water partition coefficient (Wildman–Crippen LogP) is 0.559. The van der Waals surface area contributed by atoms with Gasteiger partial charge in [0.15, 0.2) is 5.82 Å². The monoisotopic (exact) mass is 392 g/mol. The molecule has 0 saturated carbocycles. The first-order valence-corrected chi connectivity index (χ1v) is 9.89. The summed E-state index contributed by atoms with van der Waals surface area (Å²) in [6.07, 6.45) is 2.35. The third kappa shape index (κ3) is 4.60. The van der Waals surface area contributed by atoms with Crippen molar-refractivity contribution in [3.8, 4) is 0 Å². The molecule has 1 aromatic rings. The Morgan fingerprint density at radius 3 is 2.54 bits per heavy atom. The Kier molecular flexibility index (Phi) is 6.48. The van der Waals surface area contributed by atoms with E-state index in [2.05, 4.69) is 15.5 Å². The number of aromatic nitrogens is 2. The zero-order chi connectivity index (χ0) is 20.1. The van der Waals surface area contributed by atoms with Gasteiger partial charge in [-0.2, -0.15) is 4.98 Å². The maximum absolute atomic E-state index is 12.4. The highest BCUT2D eigenvalue weighted by Crippen LogP contribution is 2.30. The number of carbonyl (C=O) groups excluding carboxylic acids is 3. The van der Waals surface area contributed by atoms with E-state index < -0.39 is 0 Å². The number of aryl methyl sites for hydroxylation is 1. The molecule has 10 heteroatoms. The van der Waals surface area contributed by atoms with Crippen molar-refractivity contribution in [3.63, 3.8) is 0 Å². The molecule has 3 heterocycles. The fourth-order valence-electron chi connectivity index (χ4n) is 3.68. The molecule has 10 nitrogen and oxygen atoms in total. The fourth-order valence-corrected chi connectivity index (χ4v) is 3.68. The first kappa shape index (κ1) is 20.1. The van der Waals surface area contributed by atoms with Gasteiger partial charge >= 0.3 is 6.03 Å². The molecule has 0 aliphatic carbocycles. The average molecular weight is 392 g/mol. The van der Waals surface area contributed by atoms with E-state index >= 15 is 0 Å². The van der Waals surface area contributed by atoms with Gasteiger partial charge in [0.1, 0.15) is 0 Å². The minimum Gasteiger partial charge on any atom is -0.339 e. The van der Waals surface area contributed by atoms with Crippen molar-refractivity contribution in [2.24, 2.45) is 0 Å². The average Bonchev–Trinajstić information content (AvgIpc) is 3.35. The molecule has 28 heavy (non-hydrogen) atoms. The second-order valence-corrected chi connectivity index (χ2v) is 7.12. The van der Waals surface area contributed by atoms with Crippen molar-refractivity contribution in [3.05, 3.63) is 11.7 Å². The molecule has 0 radical (unpaired) electrons. The van der Waals surface area contributed by atoms with Crippen LogP contribution < -0.4 is 5.32 Å². The van der Waals surface area contributed by atoms with Crippen LogP contribution in [0.3, 0.4) is 0 Å². The van der Waals surface area contributed by atoms with Crippen LogP contribution in [0, 0.1) is 0 Å². The molecule has 4 amide bonds. The van der Waals surface area contributed by atoms with Crippen LogP contribution in [0.15, 0.2) is 4.52 Å². The molecule has 0 aromatic carbocycles. The fraction of sp³-hybridized carbons (Fsp3) is 0.722. The van der Waals surface area contributed by atoms with Gasteiger partial charge in [0.2, 0.25) is 17.7 Å². The van der Waals surface area contributed by atoms with Crippen molar-refractivity contribution in [1.29, 1.82) is 0 Å².